The summed E-state index contributed by atoms with van der Waals surface area (Å²) in [6.07, 6.45) is 3.88. The van der Waals surface area contributed by atoms with Crippen LogP contribution in [0.25, 0.3) is 20.8 Å². The van der Waals surface area contributed by atoms with Gasteiger partial charge in [0.15, 0.2) is 0 Å². The predicted octanol–water partition coefficient (Wildman–Crippen LogP) is 4.34. The van der Waals surface area contributed by atoms with E-state index in [1.54, 1.807) is 46.6 Å². The number of carbonyl (C=O) groups is 1. The number of thiazole rings is 1. The molecule has 0 spiro atoms. The maximum atomic E-state index is 13.5. The molecule has 4 heterocycles. The lowest BCUT2D eigenvalue weighted by molar-refractivity contribution is -0.124. The van der Waals surface area contributed by atoms with E-state index in [4.69, 9.17) is 9.88 Å². The predicted molar refractivity (Wildman–Crippen MR) is 164 cm³/mol. The lowest BCUT2D eigenvalue weighted by Gasteiger charge is -2.17. The number of thiophene rings is 1. The Kier molecular flexibility index (Phi) is 8.24. The zero-order valence-electron chi connectivity index (χ0n) is 22.5. The molecule has 0 fully saturated rings. The largest absolute Gasteiger partial charge is 0.487 e. The number of rotatable bonds is 11. The number of sulfonamides is 1. The van der Waals surface area contributed by atoms with Crippen LogP contribution in [0.4, 0.5) is 0 Å². The van der Waals surface area contributed by atoms with Crippen molar-refractivity contribution in [2.24, 2.45) is 5.14 Å². The van der Waals surface area contributed by atoms with Crippen LogP contribution in [0.3, 0.4) is 0 Å². The normalized spacial score (nSPS) is 12.3. The summed E-state index contributed by atoms with van der Waals surface area (Å²) in [7, 11) is -3.89. The highest BCUT2D eigenvalue weighted by molar-refractivity contribution is 7.91. The Morgan fingerprint density at radius 2 is 1.86 bits per heavy atom. The second kappa shape index (κ2) is 12.4. The average Bonchev–Trinajstić information content (AvgIpc) is 3.78. The van der Waals surface area contributed by atoms with Gasteiger partial charge in [0.2, 0.25) is 10.2 Å². The molecule has 0 saturated carbocycles. The monoisotopic (exact) mass is 631 g/mol. The van der Waals surface area contributed by atoms with E-state index < -0.39 is 16.1 Å². The van der Waals surface area contributed by atoms with Crippen LogP contribution in [-0.4, -0.2) is 39.3 Å². The number of hydrogen-bond acceptors (Lipinski definition) is 10. The summed E-state index contributed by atoms with van der Waals surface area (Å²) < 4.78 is 31.2. The van der Waals surface area contributed by atoms with E-state index in [1.165, 1.54) is 0 Å². The number of carbonyl (C=O) groups excluding carboxylic acids is 1. The first-order valence-corrected chi connectivity index (χ1v) is 16.3. The van der Waals surface area contributed by atoms with E-state index in [1.807, 2.05) is 60.7 Å². The Balaban J connectivity index is 1.14. The van der Waals surface area contributed by atoms with Gasteiger partial charge in [-0.05, 0) is 48.0 Å². The molecule has 14 heteroatoms. The third kappa shape index (κ3) is 6.94. The van der Waals surface area contributed by atoms with Crippen molar-refractivity contribution in [1.29, 1.82) is 0 Å². The van der Waals surface area contributed by atoms with Crippen molar-refractivity contribution in [3.8, 4) is 16.3 Å². The van der Waals surface area contributed by atoms with Crippen molar-refractivity contribution in [2.45, 2.75) is 30.0 Å². The molecule has 0 aliphatic carbocycles. The Hall–Kier alpha value is -4.50. The van der Waals surface area contributed by atoms with Gasteiger partial charge in [-0.15, -0.1) is 27.8 Å². The number of aromatic nitrogens is 5. The Morgan fingerprint density at radius 1 is 1.02 bits per heavy atom. The van der Waals surface area contributed by atoms with E-state index in [2.05, 4.69) is 25.6 Å². The second-order valence-corrected chi connectivity index (χ2v) is 13.5. The SMILES string of the molecule is NS(=O)(=O)c1nc2ccc(OCc3cn([C@@H](Cc4ccccc4)C(=O)NCc4ccc(-c5ccccn5)s4)nn3)cc2s1. The van der Waals surface area contributed by atoms with Crippen LogP contribution in [0.15, 0.2) is 95.6 Å². The quantitative estimate of drug-likeness (QED) is 0.214. The molecule has 1 atom stereocenters. The molecule has 43 heavy (non-hydrogen) atoms. The van der Waals surface area contributed by atoms with Gasteiger partial charge in [0, 0.05) is 17.5 Å². The Labute approximate surface area is 255 Å². The second-order valence-electron chi connectivity index (χ2n) is 9.54. The van der Waals surface area contributed by atoms with Crippen LogP contribution in [0.2, 0.25) is 0 Å². The number of benzene rings is 2. The molecule has 1 amide bonds. The van der Waals surface area contributed by atoms with Crippen LogP contribution in [0.5, 0.6) is 5.75 Å². The smallest absolute Gasteiger partial charge is 0.265 e. The van der Waals surface area contributed by atoms with Crippen molar-refractivity contribution in [2.75, 3.05) is 0 Å². The fourth-order valence-corrected chi connectivity index (χ4v) is 6.95. The van der Waals surface area contributed by atoms with Crippen molar-refractivity contribution in [3.63, 3.8) is 0 Å². The maximum absolute atomic E-state index is 13.5. The first-order chi connectivity index (χ1) is 20.8. The van der Waals surface area contributed by atoms with Crippen LogP contribution in [-0.2, 0) is 34.4 Å². The number of nitrogens with zero attached hydrogens (tertiary/aromatic N) is 5. The number of amides is 1. The number of primary sulfonamides is 1. The van der Waals surface area contributed by atoms with E-state index in [9.17, 15) is 13.2 Å². The lowest BCUT2D eigenvalue weighted by Crippen LogP contribution is -2.33. The summed E-state index contributed by atoms with van der Waals surface area (Å²) in [5, 5.41) is 16.7. The molecule has 0 unspecified atom stereocenters. The standard InChI is InChI=1S/C29H25N7O4S3/c30-43(38,39)29-33-24-11-9-21(15-27(24)42-29)40-18-20-17-36(35-34-20)25(14-19-6-2-1-3-7-19)28(37)32-16-22-10-12-26(41-22)23-8-4-5-13-31-23/h1-13,15,17,25H,14,16,18H2,(H,32,37)(H2,30,38,39)/t25-/m0/s1. The minimum atomic E-state index is -3.89. The third-order valence-corrected chi connectivity index (χ3v) is 9.88. The summed E-state index contributed by atoms with van der Waals surface area (Å²) in [6.45, 7) is 0.469. The first kappa shape index (κ1) is 28.6. The van der Waals surface area contributed by atoms with Crippen molar-refractivity contribution in [3.05, 3.63) is 107 Å². The van der Waals surface area contributed by atoms with Gasteiger partial charge in [-0.2, -0.15) is 0 Å². The number of ether oxygens (including phenoxy) is 1. The molecule has 4 aromatic heterocycles. The lowest BCUT2D eigenvalue weighted by atomic mass is 10.1. The highest BCUT2D eigenvalue weighted by Gasteiger charge is 2.23. The maximum Gasteiger partial charge on any atom is 0.265 e. The fourth-order valence-electron chi connectivity index (χ4n) is 4.34. The molecule has 218 valence electrons. The van der Waals surface area contributed by atoms with Crippen molar-refractivity contribution < 1.29 is 17.9 Å². The topological polar surface area (TPSA) is 155 Å². The van der Waals surface area contributed by atoms with E-state index in [0.717, 1.165) is 32.3 Å². The zero-order chi connectivity index (χ0) is 29.8. The van der Waals surface area contributed by atoms with Crippen molar-refractivity contribution >= 4 is 48.8 Å². The summed E-state index contributed by atoms with van der Waals surface area (Å²) in [6, 6.07) is 23.9. The molecule has 6 aromatic rings. The van der Waals surface area contributed by atoms with Gasteiger partial charge in [-0.1, -0.05) is 41.6 Å². The third-order valence-electron chi connectivity index (χ3n) is 6.44. The summed E-state index contributed by atoms with van der Waals surface area (Å²) in [5.74, 6) is 0.321. The zero-order valence-corrected chi connectivity index (χ0v) is 25.0. The van der Waals surface area contributed by atoms with Gasteiger partial charge >= 0.3 is 0 Å². The Morgan fingerprint density at radius 3 is 2.65 bits per heavy atom. The molecule has 11 nitrogen and oxygen atoms in total. The molecule has 0 saturated heterocycles. The van der Waals surface area contributed by atoms with Gasteiger partial charge in [-0.3, -0.25) is 9.78 Å². The van der Waals surface area contributed by atoms with Crippen LogP contribution in [0.1, 0.15) is 22.2 Å². The molecular weight excluding hydrogens is 607 g/mol. The van der Waals surface area contributed by atoms with Crippen molar-refractivity contribution in [1.82, 2.24) is 30.3 Å². The minimum absolute atomic E-state index is 0.0948. The number of hydrogen-bond donors (Lipinski definition) is 2. The number of pyridine rings is 1. The van der Waals surface area contributed by atoms with E-state index in [0.29, 0.717) is 34.6 Å². The highest BCUT2D eigenvalue weighted by Crippen LogP contribution is 2.29. The van der Waals surface area contributed by atoms with Crippen LogP contribution >= 0.6 is 22.7 Å². The van der Waals surface area contributed by atoms with Gasteiger partial charge < -0.3 is 10.1 Å². The molecule has 0 aliphatic heterocycles. The first-order valence-electron chi connectivity index (χ1n) is 13.1. The molecule has 0 bridgehead atoms. The summed E-state index contributed by atoms with van der Waals surface area (Å²) in [5.41, 5.74) is 2.92. The van der Waals surface area contributed by atoms with Crippen LogP contribution in [0, 0.1) is 0 Å². The molecule has 0 radical (unpaired) electrons. The Bertz CT molecular complexity index is 1970. The van der Waals surface area contributed by atoms with E-state index >= 15 is 0 Å². The number of nitrogens with one attached hydrogen (secondary N) is 1. The molecule has 2 aromatic carbocycles. The highest BCUT2D eigenvalue weighted by atomic mass is 32.2. The van der Waals surface area contributed by atoms with Gasteiger partial charge in [0.05, 0.1) is 33.5 Å². The molecule has 3 N–H and O–H groups in total. The number of nitrogens with two attached hydrogens (primary N) is 1. The molecule has 6 rings (SSSR count). The van der Waals surface area contributed by atoms with Gasteiger partial charge in [-0.25, -0.2) is 23.2 Å². The summed E-state index contributed by atoms with van der Waals surface area (Å²) in [4.78, 5) is 24.0. The minimum Gasteiger partial charge on any atom is -0.487 e. The number of fused-ring (bicyclic) bond motifs is 1. The van der Waals surface area contributed by atoms with E-state index in [-0.39, 0.29) is 16.9 Å². The summed E-state index contributed by atoms with van der Waals surface area (Å²) >= 11 is 2.56. The fraction of sp³-hybridized carbons (Fsp3) is 0.138. The molecule has 0 aliphatic rings. The van der Waals surface area contributed by atoms with Gasteiger partial charge in [0.25, 0.3) is 10.0 Å². The van der Waals surface area contributed by atoms with Gasteiger partial charge in [0.1, 0.15) is 24.1 Å². The average molecular weight is 632 g/mol. The van der Waals surface area contributed by atoms with Crippen LogP contribution < -0.4 is 15.2 Å². The molecular formula is C29H25N7O4S3.